The molecular weight excluding hydrogens is 384 g/mol. The van der Waals surface area contributed by atoms with Crippen LogP contribution in [0, 0.1) is 4.77 Å². The average Bonchev–Trinajstić information content (AvgIpc) is 3.13. The van der Waals surface area contributed by atoms with Crippen LogP contribution in [0.2, 0.25) is 0 Å². The van der Waals surface area contributed by atoms with Gasteiger partial charge in [-0.3, -0.25) is 0 Å². The third kappa shape index (κ3) is 3.77. The van der Waals surface area contributed by atoms with Crippen LogP contribution >= 0.6 is 12.2 Å². The van der Waals surface area contributed by atoms with Crippen LogP contribution in [0.3, 0.4) is 0 Å². The van der Waals surface area contributed by atoms with Gasteiger partial charge in [-0.1, -0.05) is 30.3 Å². The minimum absolute atomic E-state index is 0.407. The molecule has 146 valence electrons. The van der Waals surface area contributed by atoms with Crippen molar-refractivity contribution >= 4 is 29.2 Å². The largest absolute Gasteiger partial charge is 0.496 e. The first-order valence-electron chi connectivity index (χ1n) is 9.22. The Morgan fingerprint density at radius 2 is 1.90 bits per heavy atom. The summed E-state index contributed by atoms with van der Waals surface area (Å²) in [6.45, 7) is 2.57. The number of H-pyrrole nitrogens is 1. The summed E-state index contributed by atoms with van der Waals surface area (Å²) < 4.78 is 13.1. The molecule has 3 aromatic carbocycles. The highest BCUT2D eigenvalue weighted by atomic mass is 32.1. The van der Waals surface area contributed by atoms with Crippen molar-refractivity contribution in [3.8, 4) is 22.9 Å². The summed E-state index contributed by atoms with van der Waals surface area (Å²) in [4.78, 5) is 0. The van der Waals surface area contributed by atoms with Gasteiger partial charge in [0.25, 0.3) is 0 Å². The van der Waals surface area contributed by atoms with E-state index in [0.29, 0.717) is 17.2 Å². The number of aromatic amines is 1. The van der Waals surface area contributed by atoms with Gasteiger partial charge in [0.1, 0.15) is 11.5 Å². The van der Waals surface area contributed by atoms with Gasteiger partial charge in [-0.25, -0.2) is 5.10 Å². The molecule has 0 fully saturated rings. The van der Waals surface area contributed by atoms with Crippen LogP contribution < -0.4 is 9.47 Å². The van der Waals surface area contributed by atoms with Gasteiger partial charge < -0.3 is 9.47 Å². The molecule has 4 aromatic rings. The number of nitrogens with one attached hydrogen (secondary N) is 1. The first-order chi connectivity index (χ1) is 14.2. The molecule has 1 heterocycles. The van der Waals surface area contributed by atoms with E-state index in [1.165, 1.54) is 0 Å². The van der Waals surface area contributed by atoms with Crippen LogP contribution in [0.5, 0.6) is 11.5 Å². The second-order valence-corrected chi connectivity index (χ2v) is 6.66. The maximum Gasteiger partial charge on any atom is 0.216 e. The number of benzene rings is 3. The summed E-state index contributed by atoms with van der Waals surface area (Å²) in [6.07, 6.45) is 1.75. The third-order valence-corrected chi connectivity index (χ3v) is 4.79. The smallest absolute Gasteiger partial charge is 0.216 e. The molecule has 1 aromatic heterocycles. The molecule has 7 heteroatoms. The highest BCUT2D eigenvalue weighted by Gasteiger charge is 2.10. The normalized spacial score (nSPS) is 11.2. The Labute approximate surface area is 173 Å². The van der Waals surface area contributed by atoms with Crippen LogP contribution in [0.25, 0.3) is 22.2 Å². The van der Waals surface area contributed by atoms with E-state index >= 15 is 0 Å². The first kappa shape index (κ1) is 18.9. The molecule has 0 saturated heterocycles. The summed E-state index contributed by atoms with van der Waals surface area (Å²) >= 11 is 5.39. The van der Waals surface area contributed by atoms with Crippen molar-refractivity contribution in [3.63, 3.8) is 0 Å². The van der Waals surface area contributed by atoms with Gasteiger partial charge in [0, 0.05) is 11.1 Å². The van der Waals surface area contributed by atoms with Gasteiger partial charge >= 0.3 is 0 Å². The lowest BCUT2D eigenvalue weighted by Gasteiger charge is -2.08. The minimum atomic E-state index is 0.407. The van der Waals surface area contributed by atoms with E-state index in [-0.39, 0.29) is 0 Å². The lowest BCUT2D eigenvalue weighted by atomic mass is 10.0. The molecule has 0 aliphatic carbocycles. The van der Waals surface area contributed by atoms with Crippen LogP contribution in [0.15, 0.2) is 65.8 Å². The molecule has 0 radical (unpaired) electrons. The number of methoxy groups -OCH3 is 1. The number of aromatic nitrogens is 3. The Balaban J connectivity index is 1.76. The summed E-state index contributed by atoms with van der Waals surface area (Å²) in [5.41, 5.74) is 1.76. The van der Waals surface area contributed by atoms with Gasteiger partial charge in [-0.05, 0) is 60.2 Å². The number of fused-ring (bicyclic) bond motifs is 1. The highest BCUT2D eigenvalue weighted by molar-refractivity contribution is 7.71. The van der Waals surface area contributed by atoms with Crippen molar-refractivity contribution in [2.75, 3.05) is 13.7 Å². The monoisotopic (exact) mass is 404 g/mol. The van der Waals surface area contributed by atoms with Crippen LogP contribution in [0.4, 0.5) is 0 Å². The Hall–Kier alpha value is -3.45. The zero-order chi connectivity index (χ0) is 20.2. The molecule has 0 unspecified atom stereocenters. The predicted octanol–water partition coefficient (Wildman–Crippen LogP) is 5.05. The summed E-state index contributed by atoms with van der Waals surface area (Å²) in [5.74, 6) is 2.17. The van der Waals surface area contributed by atoms with Crippen molar-refractivity contribution in [2.24, 2.45) is 5.10 Å². The predicted molar refractivity (Wildman–Crippen MR) is 118 cm³/mol. The molecule has 6 nitrogen and oxygen atoms in total. The fourth-order valence-corrected chi connectivity index (χ4v) is 3.33. The quantitative estimate of drug-likeness (QED) is 0.361. The number of hydrogen-bond acceptors (Lipinski definition) is 5. The summed E-state index contributed by atoms with van der Waals surface area (Å²) in [5, 5.41) is 13.9. The standard InChI is InChI=1S/C22H20N4O2S/c1-3-28-17-11-8-16(9-12-17)21-24-25-22(29)26(21)23-14-19-18-7-5-4-6-15(18)10-13-20(19)27-2/h4-14H,3H2,1-2H3,(H,25,29)/b23-14+. The number of nitrogens with zero attached hydrogens (tertiary/aromatic N) is 3. The van der Waals surface area contributed by atoms with E-state index < -0.39 is 0 Å². The molecular formula is C22H20N4O2S. The molecule has 0 spiro atoms. The van der Waals surface area contributed by atoms with Gasteiger partial charge in [-0.2, -0.15) is 14.9 Å². The molecule has 0 aliphatic rings. The highest BCUT2D eigenvalue weighted by Crippen LogP contribution is 2.27. The molecule has 29 heavy (non-hydrogen) atoms. The molecule has 0 saturated carbocycles. The summed E-state index contributed by atoms with van der Waals surface area (Å²) in [6, 6.07) is 19.7. The van der Waals surface area contributed by atoms with Crippen molar-refractivity contribution in [3.05, 3.63) is 71.0 Å². The number of hydrogen-bond donors (Lipinski definition) is 1. The maximum absolute atomic E-state index is 5.54. The zero-order valence-corrected chi connectivity index (χ0v) is 16.9. The van der Waals surface area contributed by atoms with Gasteiger partial charge in [0.05, 0.1) is 19.9 Å². The topological polar surface area (TPSA) is 64.4 Å². The number of ether oxygens (including phenoxy) is 2. The van der Waals surface area contributed by atoms with Crippen LogP contribution in [-0.2, 0) is 0 Å². The molecule has 1 N–H and O–H groups in total. The lowest BCUT2D eigenvalue weighted by molar-refractivity contribution is 0.340. The summed E-state index contributed by atoms with van der Waals surface area (Å²) in [7, 11) is 1.65. The van der Waals surface area contributed by atoms with Crippen LogP contribution in [0.1, 0.15) is 12.5 Å². The molecule has 0 atom stereocenters. The SMILES string of the molecule is CCOc1ccc(-c2n[nH]c(=S)n2/N=C/c2c(OC)ccc3ccccc23)cc1. The molecule has 0 amide bonds. The van der Waals surface area contributed by atoms with E-state index in [2.05, 4.69) is 21.4 Å². The fraction of sp³-hybridized carbons (Fsp3) is 0.136. The van der Waals surface area contributed by atoms with E-state index in [4.69, 9.17) is 21.7 Å². The lowest BCUT2D eigenvalue weighted by Crippen LogP contribution is -1.98. The second-order valence-electron chi connectivity index (χ2n) is 6.27. The fourth-order valence-electron chi connectivity index (χ4n) is 3.15. The second kappa shape index (κ2) is 8.28. The Morgan fingerprint density at radius 3 is 2.66 bits per heavy atom. The van der Waals surface area contributed by atoms with Gasteiger partial charge in [0.2, 0.25) is 4.77 Å². The van der Waals surface area contributed by atoms with E-state index in [1.54, 1.807) is 18.0 Å². The first-order valence-corrected chi connectivity index (χ1v) is 9.63. The minimum Gasteiger partial charge on any atom is -0.496 e. The van der Waals surface area contributed by atoms with E-state index in [0.717, 1.165) is 33.4 Å². The Kier molecular flexibility index (Phi) is 5.39. The Bertz CT molecular complexity index is 1230. The maximum atomic E-state index is 5.54. The van der Waals surface area contributed by atoms with Crippen molar-refractivity contribution in [1.82, 2.24) is 14.9 Å². The number of rotatable bonds is 6. The van der Waals surface area contributed by atoms with Crippen molar-refractivity contribution < 1.29 is 9.47 Å². The zero-order valence-electron chi connectivity index (χ0n) is 16.1. The van der Waals surface area contributed by atoms with E-state index in [1.807, 2.05) is 61.5 Å². The van der Waals surface area contributed by atoms with Crippen LogP contribution in [-0.4, -0.2) is 34.8 Å². The van der Waals surface area contributed by atoms with Crippen molar-refractivity contribution in [1.29, 1.82) is 0 Å². The van der Waals surface area contributed by atoms with Gasteiger partial charge in [-0.15, -0.1) is 0 Å². The third-order valence-electron chi connectivity index (χ3n) is 4.53. The molecule has 0 bridgehead atoms. The van der Waals surface area contributed by atoms with Crippen molar-refractivity contribution in [2.45, 2.75) is 6.92 Å². The molecule has 4 rings (SSSR count). The Morgan fingerprint density at radius 1 is 1.10 bits per heavy atom. The van der Waals surface area contributed by atoms with E-state index in [9.17, 15) is 0 Å². The van der Waals surface area contributed by atoms with Gasteiger partial charge in [0.15, 0.2) is 5.82 Å². The molecule has 0 aliphatic heterocycles. The average molecular weight is 404 g/mol.